The predicted molar refractivity (Wildman–Crippen MR) is 71.9 cm³/mol. The quantitative estimate of drug-likeness (QED) is 0.818. The standard InChI is InChI=1S/C11H16N8O/c1-8-5-18(3-4-20-8)10-15-9(12-2)16-11(17-10)19-7-13-6-14-19/h6-8H,3-5H2,1-2H3,(H,12,15,16,17). The van der Waals surface area contributed by atoms with E-state index >= 15 is 0 Å². The van der Waals surface area contributed by atoms with E-state index in [0.717, 1.165) is 13.1 Å². The second-order valence-electron chi connectivity index (χ2n) is 4.48. The monoisotopic (exact) mass is 276 g/mol. The molecular weight excluding hydrogens is 260 g/mol. The Hall–Kier alpha value is -2.29. The van der Waals surface area contributed by atoms with Crippen LogP contribution in [0.25, 0.3) is 5.95 Å². The Bertz CT molecular complexity index is 572. The summed E-state index contributed by atoms with van der Waals surface area (Å²) >= 11 is 0. The normalized spacial score (nSPS) is 19.1. The van der Waals surface area contributed by atoms with Crippen LogP contribution in [0.2, 0.25) is 0 Å². The molecule has 2 aromatic rings. The second kappa shape index (κ2) is 5.37. The van der Waals surface area contributed by atoms with Crippen LogP contribution in [0.3, 0.4) is 0 Å². The minimum Gasteiger partial charge on any atom is -0.375 e. The fourth-order valence-electron chi connectivity index (χ4n) is 2.02. The summed E-state index contributed by atoms with van der Waals surface area (Å²) in [6.45, 7) is 4.21. The van der Waals surface area contributed by atoms with Gasteiger partial charge in [-0.15, -0.1) is 0 Å². The SMILES string of the molecule is CNc1nc(N2CCOC(C)C2)nc(-n2cncn2)n1. The molecule has 0 radical (unpaired) electrons. The summed E-state index contributed by atoms with van der Waals surface area (Å²) in [5, 5.41) is 6.98. The van der Waals surface area contributed by atoms with E-state index in [0.29, 0.717) is 24.5 Å². The molecule has 1 N–H and O–H groups in total. The second-order valence-corrected chi connectivity index (χ2v) is 4.48. The van der Waals surface area contributed by atoms with E-state index in [9.17, 15) is 0 Å². The Labute approximate surface area is 116 Å². The molecule has 0 aliphatic carbocycles. The molecule has 0 amide bonds. The summed E-state index contributed by atoms with van der Waals surface area (Å²) in [6.07, 6.45) is 3.16. The van der Waals surface area contributed by atoms with Gasteiger partial charge in [-0.3, -0.25) is 0 Å². The fraction of sp³-hybridized carbons (Fsp3) is 0.545. The molecule has 0 spiro atoms. The van der Waals surface area contributed by atoms with E-state index in [1.807, 2.05) is 6.92 Å². The Morgan fingerprint density at radius 2 is 2.15 bits per heavy atom. The van der Waals surface area contributed by atoms with E-state index < -0.39 is 0 Å². The number of rotatable bonds is 3. The molecule has 106 valence electrons. The number of hydrogen-bond donors (Lipinski definition) is 1. The van der Waals surface area contributed by atoms with Gasteiger partial charge in [-0.25, -0.2) is 4.98 Å². The van der Waals surface area contributed by atoms with E-state index in [1.165, 1.54) is 11.0 Å². The van der Waals surface area contributed by atoms with Gasteiger partial charge < -0.3 is 15.0 Å². The minimum absolute atomic E-state index is 0.161. The first-order valence-electron chi connectivity index (χ1n) is 6.41. The van der Waals surface area contributed by atoms with Crippen LogP contribution in [0.15, 0.2) is 12.7 Å². The minimum atomic E-state index is 0.161. The molecule has 0 saturated carbocycles. The fourth-order valence-corrected chi connectivity index (χ4v) is 2.02. The highest BCUT2D eigenvalue weighted by Crippen LogP contribution is 2.15. The Morgan fingerprint density at radius 1 is 1.30 bits per heavy atom. The van der Waals surface area contributed by atoms with Crippen LogP contribution in [0.1, 0.15) is 6.92 Å². The maximum atomic E-state index is 5.53. The van der Waals surface area contributed by atoms with Crippen molar-refractivity contribution < 1.29 is 4.74 Å². The highest BCUT2D eigenvalue weighted by molar-refractivity contribution is 5.40. The molecule has 3 rings (SSSR count). The zero-order chi connectivity index (χ0) is 13.9. The van der Waals surface area contributed by atoms with Gasteiger partial charge in [0.05, 0.1) is 12.7 Å². The average Bonchev–Trinajstić information content (AvgIpc) is 3.01. The van der Waals surface area contributed by atoms with Crippen LogP contribution in [0.5, 0.6) is 0 Å². The summed E-state index contributed by atoms with van der Waals surface area (Å²) in [4.78, 5) is 19.1. The maximum absolute atomic E-state index is 5.53. The molecule has 1 fully saturated rings. The van der Waals surface area contributed by atoms with Crippen molar-refractivity contribution in [1.82, 2.24) is 29.7 Å². The van der Waals surface area contributed by atoms with Crippen molar-refractivity contribution in [1.29, 1.82) is 0 Å². The number of nitrogens with zero attached hydrogens (tertiary/aromatic N) is 7. The van der Waals surface area contributed by atoms with Crippen molar-refractivity contribution in [2.75, 3.05) is 37.0 Å². The topological polar surface area (TPSA) is 93.9 Å². The zero-order valence-corrected chi connectivity index (χ0v) is 11.4. The molecule has 0 bridgehead atoms. The molecule has 9 nitrogen and oxygen atoms in total. The number of ether oxygens (including phenoxy) is 1. The molecule has 1 aliphatic heterocycles. The van der Waals surface area contributed by atoms with Gasteiger partial charge in [-0.05, 0) is 6.92 Å². The Morgan fingerprint density at radius 3 is 2.85 bits per heavy atom. The largest absolute Gasteiger partial charge is 0.375 e. The zero-order valence-electron chi connectivity index (χ0n) is 11.4. The molecule has 1 unspecified atom stereocenters. The van der Waals surface area contributed by atoms with E-state index in [1.54, 1.807) is 13.4 Å². The van der Waals surface area contributed by atoms with E-state index in [4.69, 9.17) is 4.74 Å². The van der Waals surface area contributed by atoms with Crippen LogP contribution in [0.4, 0.5) is 11.9 Å². The Kier molecular flexibility index (Phi) is 3.42. The molecule has 1 atom stereocenters. The summed E-state index contributed by atoms with van der Waals surface area (Å²) in [5.74, 6) is 1.56. The van der Waals surface area contributed by atoms with Gasteiger partial charge in [0.1, 0.15) is 12.7 Å². The lowest BCUT2D eigenvalue weighted by Crippen LogP contribution is -2.42. The highest BCUT2D eigenvalue weighted by Gasteiger charge is 2.20. The molecule has 0 aromatic carbocycles. The van der Waals surface area contributed by atoms with Gasteiger partial charge in [0.2, 0.25) is 11.9 Å². The molecule has 9 heteroatoms. The summed E-state index contributed by atoms with van der Waals surface area (Å²) in [7, 11) is 1.77. The number of morpholine rings is 1. The van der Waals surface area contributed by atoms with Gasteiger partial charge in [0, 0.05) is 20.1 Å². The first-order valence-corrected chi connectivity index (χ1v) is 6.41. The molecule has 1 saturated heterocycles. The number of aromatic nitrogens is 6. The van der Waals surface area contributed by atoms with Gasteiger partial charge in [-0.1, -0.05) is 0 Å². The van der Waals surface area contributed by atoms with Crippen LogP contribution < -0.4 is 10.2 Å². The van der Waals surface area contributed by atoms with Gasteiger partial charge >= 0.3 is 0 Å². The van der Waals surface area contributed by atoms with Crippen molar-refractivity contribution in [3.63, 3.8) is 0 Å². The highest BCUT2D eigenvalue weighted by atomic mass is 16.5. The predicted octanol–water partition coefficient (Wildman–Crippen LogP) is -0.281. The van der Waals surface area contributed by atoms with Crippen molar-refractivity contribution in [3.8, 4) is 5.95 Å². The maximum Gasteiger partial charge on any atom is 0.258 e. The van der Waals surface area contributed by atoms with E-state index in [2.05, 4.69) is 35.3 Å². The Balaban J connectivity index is 1.96. The summed E-state index contributed by atoms with van der Waals surface area (Å²) < 4.78 is 7.04. The number of anilines is 2. The third kappa shape index (κ3) is 2.52. The van der Waals surface area contributed by atoms with Crippen LogP contribution >= 0.6 is 0 Å². The van der Waals surface area contributed by atoms with Crippen molar-refractivity contribution in [3.05, 3.63) is 12.7 Å². The molecular formula is C11H16N8O. The smallest absolute Gasteiger partial charge is 0.258 e. The average molecular weight is 276 g/mol. The van der Waals surface area contributed by atoms with Crippen molar-refractivity contribution in [2.24, 2.45) is 0 Å². The van der Waals surface area contributed by atoms with Gasteiger partial charge in [-0.2, -0.15) is 24.7 Å². The number of nitrogens with one attached hydrogen (secondary N) is 1. The van der Waals surface area contributed by atoms with Crippen LogP contribution in [-0.4, -0.2) is 62.6 Å². The van der Waals surface area contributed by atoms with Gasteiger partial charge in [0.15, 0.2) is 0 Å². The lowest BCUT2D eigenvalue weighted by Gasteiger charge is -2.31. The van der Waals surface area contributed by atoms with Crippen molar-refractivity contribution >= 4 is 11.9 Å². The molecule has 20 heavy (non-hydrogen) atoms. The molecule has 2 aromatic heterocycles. The number of hydrogen-bond acceptors (Lipinski definition) is 8. The third-order valence-corrected chi connectivity index (χ3v) is 2.98. The van der Waals surface area contributed by atoms with Crippen molar-refractivity contribution in [2.45, 2.75) is 13.0 Å². The first-order chi connectivity index (χ1) is 9.76. The first kappa shape index (κ1) is 12.7. The van der Waals surface area contributed by atoms with Crippen LogP contribution in [0, 0.1) is 0 Å². The molecule has 1 aliphatic rings. The lowest BCUT2D eigenvalue weighted by atomic mass is 10.3. The van der Waals surface area contributed by atoms with Crippen LogP contribution in [-0.2, 0) is 4.74 Å². The van der Waals surface area contributed by atoms with E-state index in [-0.39, 0.29) is 6.10 Å². The lowest BCUT2D eigenvalue weighted by molar-refractivity contribution is 0.0526. The summed E-state index contributed by atoms with van der Waals surface area (Å²) in [6, 6.07) is 0. The third-order valence-electron chi connectivity index (χ3n) is 2.98. The van der Waals surface area contributed by atoms with Gasteiger partial charge in [0.25, 0.3) is 5.95 Å². The summed E-state index contributed by atoms with van der Waals surface area (Å²) in [5.41, 5.74) is 0. The molecule has 3 heterocycles.